The van der Waals surface area contributed by atoms with Gasteiger partial charge in [0.05, 0.1) is 29.9 Å². The average Bonchev–Trinajstić information content (AvgIpc) is 0.845. The zero-order valence-electron chi connectivity index (χ0n) is 60.5. The largest absolute Gasteiger partial charge is 0.458 e. The van der Waals surface area contributed by atoms with E-state index in [1.807, 2.05) is 0 Å². The molecular weight excluding hydrogens is 1280 g/mol. The Labute approximate surface area is 578 Å². The van der Waals surface area contributed by atoms with Gasteiger partial charge < -0.3 is 75.6 Å². The summed E-state index contributed by atoms with van der Waals surface area (Å²) < 4.78 is 18.7. The van der Waals surface area contributed by atoms with Crippen LogP contribution in [-0.4, -0.2) is 227 Å². The Hall–Kier alpha value is -8.92. The summed E-state index contributed by atoms with van der Waals surface area (Å²) in [7, 11) is 5.62. The van der Waals surface area contributed by atoms with E-state index in [2.05, 4.69) is 33.5 Å². The lowest BCUT2D eigenvalue weighted by molar-refractivity contribution is -0.163. The fraction of sp³-hybridized carbons (Fsp3) is 0.657. The molecule has 7 N–H and O–H groups in total. The predicted molar refractivity (Wildman–Crippen MR) is 367 cm³/mol. The number of carbonyl (C=O) groups is 12. The van der Waals surface area contributed by atoms with Crippen molar-refractivity contribution in [1.82, 2.24) is 55.7 Å². The monoisotopic (exact) mass is 1380 g/mol. The minimum absolute atomic E-state index is 0.0713. The molecule has 0 spiro atoms. The molecule has 10 atom stereocenters. The van der Waals surface area contributed by atoms with Crippen LogP contribution in [-0.2, 0) is 57.4 Å². The number of rotatable bonds is 16. The van der Waals surface area contributed by atoms with E-state index in [9.17, 15) is 43.2 Å². The number of nitrogens with two attached hydrogens (primary N) is 1. The standard InChI is InChI=1S/C70H103N13O16/c1-18-19-20-21-22-23-28-72-43-31-42(61(87)76-52-40(12)97-69(95)56(36(6)7)80(16)46(84)32-78(14)65(91)44-26-24-29-82(44)67(93)50(34(2)3)74-63(52)89)54-59(38(43)10)99-60-39(11)58(86)49(71)48(55(60)73-54)62(88)77-53-41(13)98-70(96)57(37(8)9)81(17)47(85)33-79(15)66(92)45-27-25-30-83(45)68(94)51(35(4)5)75-64(53)90/h31,34-37,40-41,44-45,50-53,56-57,72H,18-30,32-33,71H2,1-17H3,(H,74,89)(H,75,90)(H,76,87)(H,77,88). The van der Waals surface area contributed by atoms with Crippen LogP contribution in [0.4, 0.5) is 11.4 Å². The highest BCUT2D eigenvalue weighted by Crippen LogP contribution is 2.38. The fourth-order valence-corrected chi connectivity index (χ4v) is 13.6. The Bertz CT molecular complexity index is 3630. The van der Waals surface area contributed by atoms with Gasteiger partial charge in [-0.05, 0) is 89.5 Å². The Morgan fingerprint density at radius 3 is 1.51 bits per heavy atom. The fourth-order valence-electron chi connectivity index (χ4n) is 13.6. The number of hydrogen-bond acceptors (Lipinski definition) is 19. The summed E-state index contributed by atoms with van der Waals surface area (Å²) in [4.78, 5) is 202. The van der Waals surface area contributed by atoms with Crippen molar-refractivity contribution < 1.29 is 71.4 Å². The maximum atomic E-state index is 15.7. The van der Waals surface area contributed by atoms with Gasteiger partial charge >= 0.3 is 11.9 Å². The van der Waals surface area contributed by atoms with E-state index in [-0.39, 0.29) is 53.9 Å². The van der Waals surface area contributed by atoms with Crippen molar-refractivity contribution in [2.45, 2.75) is 215 Å². The third-order valence-electron chi connectivity index (χ3n) is 19.5. The first-order chi connectivity index (χ1) is 46.6. The molecule has 99 heavy (non-hydrogen) atoms. The molecular formula is C70H103N13O16. The van der Waals surface area contributed by atoms with Gasteiger partial charge in [-0.2, -0.15) is 0 Å². The van der Waals surface area contributed by atoms with E-state index in [0.717, 1.165) is 41.9 Å². The molecule has 544 valence electrons. The minimum Gasteiger partial charge on any atom is -0.458 e. The number of unbranched alkanes of at least 4 members (excludes halogenated alkanes) is 5. The lowest BCUT2D eigenvalue weighted by Crippen LogP contribution is -2.61. The second-order valence-electron chi connectivity index (χ2n) is 28.4. The lowest BCUT2D eigenvalue weighted by Gasteiger charge is -2.36. The highest BCUT2D eigenvalue weighted by atomic mass is 16.6. The van der Waals surface area contributed by atoms with Gasteiger partial charge in [-0.25, -0.2) is 14.6 Å². The van der Waals surface area contributed by atoms with Crippen LogP contribution in [0.1, 0.15) is 172 Å². The highest BCUT2D eigenvalue weighted by Gasteiger charge is 2.47. The molecule has 6 aliphatic rings. The molecule has 1 aromatic carbocycles. The summed E-state index contributed by atoms with van der Waals surface area (Å²) >= 11 is 0. The van der Waals surface area contributed by atoms with Crippen LogP contribution >= 0.6 is 0 Å². The summed E-state index contributed by atoms with van der Waals surface area (Å²) in [6, 6.07) is -9.37. The minimum atomic E-state index is -1.90. The number of likely N-dealkylation sites (N-methyl/N-ethyl adjacent to an activating group) is 4. The van der Waals surface area contributed by atoms with Gasteiger partial charge in [-0.3, -0.25) is 52.7 Å². The number of nitrogens with one attached hydrogen (secondary N) is 5. The number of aromatic nitrogens is 1. The predicted octanol–water partition coefficient (Wildman–Crippen LogP) is 3.50. The summed E-state index contributed by atoms with van der Waals surface area (Å²) in [6.45, 7) is 21.1. The van der Waals surface area contributed by atoms with Crippen LogP contribution in [0.3, 0.4) is 0 Å². The molecule has 7 rings (SSSR count). The number of amides is 10. The second-order valence-corrected chi connectivity index (χ2v) is 28.4. The number of nitrogen functional groups attached to an aromatic ring is 1. The number of ether oxygens (including phenoxy) is 2. The zero-order chi connectivity index (χ0) is 73.5. The number of fused-ring (bicyclic) bond motifs is 4. The van der Waals surface area contributed by atoms with E-state index < -0.39 is 191 Å². The van der Waals surface area contributed by atoms with Crippen LogP contribution in [0.5, 0.6) is 0 Å². The van der Waals surface area contributed by atoms with Gasteiger partial charge in [0.15, 0.2) is 11.3 Å². The molecule has 29 heteroatoms. The zero-order valence-corrected chi connectivity index (χ0v) is 60.5. The molecule has 10 unspecified atom stereocenters. The van der Waals surface area contributed by atoms with Gasteiger partial charge in [0.1, 0.15) is 71.8 Å². The smallest absolute Gasteiger partial charge is 0.329 e. The van der Waals surface area contributed by atoms with Crippen molar-refractivity contribution in [3.63, 3.8) is 0 Å². The van der Waals surface area contributed by atoms with E-state index in [1.165, 1.54) is 74.6 Å². The van der Waals surface area contributed by atoms with Crippen molar-refractivity contribution in [3.8, 4) is 11.5 Å². The summed E-state index contributed by atoms with van der Waals surface area (Å²) in [5, 5.41) is 14.3. The molecule has 0 aromatic heterocycles. The first kappa shape index (κ1) is 77.4. The third kappa shape index (κ3) is 16.9. The van der Waals surface area contributed by atoms with Crippen molar-refractivity contribution in [2.75, 3.05) is 72.0 Å². The van der Waals surface area contributed by atoms with E-state index in [4.69, 9.17) is 24.6 Å². The van der Waals surface area contributed by atoms with Crippen LogP contribution in [0.2, 0.25) is 0 Å². The van der Waals surface area contributed by atoms with E-state index >= 15 is 19.2 Å². The first-order valence-electron chi connectivity index (χ1n) is 34.8. The molecule has 0 saturated carbocycles. The van der Waals surface area contributed by atoms with Crippen LogP contribution < -0.4 is 37.7 Å². The normalized spacial score (nSPS) is 24.9. The maximum Gasteiger partial charge on any atom is 0.329 e. The third-order valence-corrected chi connectivity index (χ3v) is 19.5. The molecule has 5 aliphatic heterocycles. The average molecular weight is 1380 g/mol. The molecule has 4 fully saturated rings. The number of benzene rings is 2. The molecule has 5 heterocycles. The topological polar surface area (TPSA) is 372 Å². The number of aryl methyl sites for hydroxylation is 1. The molecule has 4 saturated heterocycles. The van der Waals surface area contributed by atoms with Gasteiger partial charge in [0.25, 0.3) is 11.8 Å². The van der Waals surface area contributed by atoms with E-state index in [1.54, 1.807) is 62.3 Å². The second kappa shape index (κ2) is 32.8. The molecule has 0 radical (unpaired) electrons. The molecule has 29 nitrogen and oxygen atoms in total. The first-order valence-corrected chi connectivity index (χ1v) is 34.8. The molecule has 0 bridgehead atoms. The number of carbonyl (C=O) groups excluding carboxylic acids is 12. The van der Waals surface area contributed by atoms with Crippen molar-refractivity contribution in [2.24, 2.45) is 23.7 Å². The van der Waals surface area contributed by atoms with Crippen molar-refractivity contribution >= 4 is 93.5 Å². The Kier molecular flexibility index (Phi) is 25.7. The van der Waals surface area contributed by atoms with Gasteiger partial charge in [-0.1, -0.05) is 94.4 Å². The summed E-state index contributed by atoms with van der Waals surface area (Å²) in [5.41, 5.74) is 4.09. The SMILES string of the molecule is CCCCCCCCNc1cc(C(=O)NC2C(=O)NC(C(C)C)C(=O)N3CCCC3C(=O)N(C)CC(=O)N(C)C(C(C)C)C(=O)OC2C)c2nc3c(C(=O)NC4C(=O)NC(C(C)C)C(=O)N5CCCC5C(=O)N(C)CC(=O)N(C)C(C(C)C)C(=O)OC4C)c(N)c(=O)c(C)c-3oc2c1C. The Morgan fingerprint density at radius 1 is 0.616 bits per heavy atom. The Morgan fingerprint density at radius 2 is 1.06 bits per heavy atom. The van der Waals surface area contributed by atoms with Crippen molar-refractivity contribution in [3.05, 3.63) is 38.5 Å². The van der Waals surface area contributed by atoms with Crippen molar-refractivity contribution in [1.29, 1.82) is 0 Å². The van der Waals surface area contributed by atoms with E-state index in [0.29, 0.717) is 37.1 Å². The quantitative estimate of drug-likeness (QED) is 0.0517. The lowest BCUT2D eigenvalue weighted by atomic mass is 9.98. The van der Waals surface area contributed by atoms with Crippen LogP contribution in [0, 0.1) is 37.5 Å². The van der Waals surface area contributed by atoms with Crippen LogP contribution in [0.25, 0.3) is 22.6 Å². The van der Waals surface area contributed by atoms with Gasteiger partial charge in [-0.15, -0.1) is 0 Å². The van der Waals surface area contributed by atoms with Gasteiger partial charge in [0, 0.05) is 64.6 Å². The molecule has 1 aromatic rings. The number of esters is 2. The Balaban J connectivity index is 1.39. The number of hydrogen-bond donors (Lipinski definition) is 6. The van der Waals surface area contributed by atoms with Gasteiger partial charge in [0.2, 0.25) is 52.7 Å². The summed E-state index contributed by atoms with van der Waals surface area (Å²) in [5.74, 6) is -12.4. The maximum absolute atomic E-state index is 15.7. The number of anilines is 2. The molecule has 10 amide bonds. The number of cyclic esters (lactones) is 2. The summed E-state index contributed by atoms with van der Waals surface area (Å²) in [6.07, 6.45) is 4.03. The molecule has 1 aliphatic carbocycles. The number of nitrogens with zero attached hydrogens (tertiary/aromatic N) is 7. The highest BCUT2D eigenvalue weighted by molar-refractivity contribution is 6.11. The van der Waals surface area contributed by atoms with Crippen LogP contribution in [0.15, 0.2) is 15.3 Å².